The first kappa shape index (κ1) is 14.9. The summed E-state index contributed by atoms with van der Waals surface area (Å²) in [7, 11) is 0. The summed E-state index contributed by atoms with van der Waals surface area (Å²) in [5, 5.41) is 12.6. The quantitative estimate of drug-likeness (QED) is 0.855. The molecule has 2 rings (SSSR count). The summed E-state index contributed by atoms with van der Waals surface area (Å²) in [5.74, 6) is 6.28. The lowest BCUT2D eigenvalue weighted by molar-refractivity contribution is 0.305. The predicted molar refractivity (Wildman–Crippen MR) is 82.3 cm³/mol. The van der Waals surface area contributed by atoms with Gasteiger partial charge in [-0.05, 0) is 19.1 Å². The van der Waals surface area contributed by atoms with Gasteiger partial charge in [0.05, 0.1) is 22.7 Å². The van der Waals surface area contributed by atoms with Crippen LogP contribution in [0.1, 0.15) is 18.9 Å². The summed E-state index contributed by atoms with van der Waals surface area (Å²) in [6.07, 6.45) is 0.406. The lowest BCUT2D eigenvalue weighted by atomic mass is 10.2. The number of aromatic nitrogens is 2. The van der Waals surface area contributed by atoms with Gasteiger partial charge in [0.1, 0.15) is 0 Å². The zero-order valence-corrected chi connectivity index (χ0v) is 12.4. The second-order valence-corrected chi connectivity index (χ2v) is 4.75. The molecule has 104 valence electrons. The maximum atomic E-state index is 8.73. The average Bonchev–Trinajstić information content (AvgIpc) is 2.41. The third kappa shape index (κ3) is 3.31. The first-order chi connectivity index (χ1) is 9.65. The van der Waals surface area contributed by atoms with Crippen LogP contribution in [0.25, 0.3) is 11.0 Å². The number of aliphatic hydroxyl groups is 1. The van der Waals surface area contributed by atoms with E-state index in [2.05, 4.69) is 27.1 Å². The van der Waals surface area contributed by atoms with Gasteiger partial charge in [0, 0.05) is 18.5 Å². The molecule has 2 N–H and O–H groups in total. The van der Waals surface area contributed by atoms with E-state index in [1.165, 1.54) is 0 Å². The smallest absolute Gasteiger partial charge is 0.172 e. The Morgan fingerprint density at radius 1 is 1.25 bits per heavy atom. The zero-order valence-electron chi connectivity index (χ0n) is 10.9. The molecule has 1 heterocycles. The van der Waals surface area contributed by atoms with Gasteiger partial charge in [0.2, 0.25) is 0 Å². The second kappa shape index (κ2) is 6.76. The van der Waals surface area contributed by atoms with Crippen molar-refractivity contribution < 1.29 is 5.11 Å². The van der Waals surface area contributed by atoms with Gasteiger partial charge in [-0.15, -0.1) is 0 Å². The molecule has 0 spiro atoms. The monoisotopic (exact) mass is 309 g/mol. The first-order valence-electron chi connectivity index (χ1n) is 6.16. The molecule has 4 nitrogen and oxygen atoms in total. The van der Waals surface area contributed by atoms with Crippen molar-refractivity contribution in [2.75, 3.05) is 18.5 Å². The summed E-state index contributed by atoms with van der Waals surface area (Å²) in [5.41, 5.74) is 1.95. The van der Waals surface area contributed by atoms with Gasteiger partial charge in [-0.2, -0.15) is 0 Å². The van der Waals surface area contributed by atoms with E-state index in [0.717, 1.165) is 0 Å². The number of nitrogens with zero attached hydrogens (tertiary/aromatic N) is 2. The van der Waals surface area contributed by atoms with E-state index in [0.29, 0.717) is 45.6 Å². The van der Waals surface area contributed by atoms with Crippen molar-refractivity contribution in [1.29, 1.82) is 0 Å². The fraction of sp³-hybridized carbons (Fsp3) is 0.286. The van der Waals surface area contributed by atoms with Crippen molar-refractivity contribution in [3.05, 3.63) is 27.9 Å². The molecule has 0 saturated carbocycles. The lowest BCUT2D eigenvalue weighted by Crippen LogP contribution is -2.02. The van der Waals surface area contributed by atoms with Crippen LogP contribution in [0.2, 0.25) is 10.2 Å². The molecule has 0 bridgehead atoms. The Morgan fingerprint density at radius 3 is 2.70 bits per heavy atom. The van der Waals surface area contributed by atoms with E-state index in [9.17, 15) is 0 Å². The fourth-order valence-corrected chi connectivity index (χ4v) is 2.05. The molecule has 2 aromatic rings. The highest BCUT2D eigenvalue weighted by Gasteiger charge is 2.08. The van der Waals surface area contributed by atoms with Crippen molar-refractivity contribution in [1.82, 2.24) is 9.97 Å². The highest BCUT2D eigenvalue weighted by atomic mass is 35.5. The van der Waals surface area contributed by atoms with Crippen molar-refractivity contribution in [3.8, 4) is 11.8 Å². The molecular formula is C14H13Cl2N3O. The molecule has 0 saturated heterocycles. The Bertz CT molecular complexity index is 692. The molecular weight excluding hydrogens is 297 g/mol. The molecule has 0 aliphatic carbocycles. The topological polar surface area (TPSA) is 58.0 Å². The second-order valence-electron chi connectivity index (χ2n) is 3.99. The van der Waals surface area contributed by atoms with Gasteiger partial charge in [0.25, 0.3) is 0 Å². The molecule has 0 aliphatic rings. The van der Waals surface area contributed by atoms with E-state index >= 15 is 0 Å². The van der Waals surface area contributed by atoms with E-state index in [4.69, 9.17) is 28.3 Å². The third-order valence-corrected chi connectivity index (χ3v) is 3.09. The number of benzene rings is 1. The summed E-state index contributed by atoms with van der Waals surface area (Å²) in [6.45, 7) is 2.69. The Balaban J connectivity index is 2.51. The fourth-order valence-electron chi connectivity index (χ4n) is 1.65. The number of fused-ring (bicyclic) bond motifs is 1. The molecule has 0 unspecified atom stereocenters. The molecule has 20 heavy (non-hydrogen) atoms. The molecule has 0 fully saturated rings. The largest absolute Gasteiger partial charge is 0.395 e. The minimum absolute atomic E-state index is 0.0260. The summed E-state index contributed by atoms with van der Waals surface area (Å²) < 4.78 is 0. The van der Waals surface area contributed by atoms with Gasteiger partial charge in [-0.3, -0.25) is 0 Å². The minimum atomic E-state index is 0.0260. The number of halogens is 2. The van der Waals surface area contributed by atoms with E-state index in [1.54, 1.807) is 12.1 Å². The summed E-state index contributed by atoms with van der Waals surface area (Å²) >= 11 is 12.2. The molecule has 6 heteroatoms. The Kier molecular flexibility index (Phi) is 5.02. The third-order valence-electron chi connectivity index (χ3n) is 2.51. The maximum Gasteiger partial charge on any atom is 0.172 e. The van der Waals surface area contributed by atoms with Crippen LogP contribution in [0.5, 0.6) is 0 Å². The van der Waals surface area contributed by atoms with Crippen molar-refractivity contribution in [2.24, 2.45) is 0 Å². The Morgan fingerprint density at radius 2 is 2.00 bits per heavy atom. The number of nitrogens with one attached hydrogen (secondary N) is 1. The maximum absolute atomic E-state index is 8.73. The lowest BCUT2D eigenvalue weighted by Gasteiger charge is -2.07. The predicted octanol–water partition coefficient (Wildman–Crippen LogP) is 3.10. The standard InChI is InChI=1S/C14H13Cl2N3O/c1-2-17-14-13(16)18-12-8-10(15)9(5-3-4-6-20)7-11(12)19-14/h7-8,20H,2,4,6H2,1H3,(H,17,19). The molecule has 0 aliphatic heterocycles. The number of rotatable bonds is 3. The van der Waals surface area contributed by atoms with E-state index in [1.807, 2.05) is 6.92 Å². The molecule has 0 amide bonds. The van der Waals surface area contributed by atoms with Crippen LogP contribution in [-0.2, 0) is 0 Å². The molecule has 0 radical (unpaired) electrons. The minimum Gasteiger partial charge on any atom is -0.395 e. The van der Waals surface area contributed by atoms with Gasteiger partial charge in [0.15, 0.2) is 11.0 Å². The number of hydrogen-bond acceptors (Lipinski definition) is 4. The number of aliphatic hydroxyl groups excluding tert-OH is 1. The number of hydrogen-bond donors (Lipinski definition) is 2. The zero-order chi connectivity index (χ0) is 14.5. The van der Waals surface area contributed by atoms with Crippen LogP contribution in [0.15, 0.2) is 12.1 Å². The van der Waals surface area contributed by atoms with E-state index < -0.39 is 0 Å². The van der Waals surface area contributed by atoms with E-state index in [-0.39, 0.29) is 6.61 Å². The molecule has 1 aromatic carbocycles. The average molecular weight is 310 g/mol. The van der Waals surface area contributed by atoms with Gasteiger partial charge >= 0.3 is 0 Å². The highest BCUT2D eigenvalue weighted by molar-refractivity contribution is 6.33. The normalized spacial score (nSPS) is 10.2. The van der Waals surface area contributed by atoms with Crippen LogP contribution in [0.3, 0.4) is 0 Å². The molecule has 1 aromatic heterocycles. The number of anilines is 1. The Hall–Kier alpha value is -1.54. The van der Waals surface area contributed by atoms with Crippen molar-refractivity contribution in [3.63, 3.8) is 0 Å². The molecule has 0 atom stereocenters. The Labute approximate surface area is 127 Å². The van der Waals surface area contributed by atoms with Crippen LogP contribution in [-0.4, -0.2) is 28.2 Å². The van der Waals surface area contributed by atoms with Gasteiger partial charge < -0.3 is 10.4 Å². The van der Waals surface area contributed by atoms with Gasteiger partial charge in [-0.1, -0.05) is 35.0 Å². The summed E-state index contributed by atoms with van der Waals surface area (Å²) in [4.78, 5) is 8.67. The van der Waals surface area contributed by atoms with Crippen molar-refractivity contribution in [2.45, 2.75) is 13.3 Å². The van der Waals surface area contributed by atoms with Crippen molar-refractivity contribution >= 4 is 40.1 Å². The highest BCUT2D eigenvalue weighted by Crippen LogP contribution is 2.25. The van der Waals surface area contributed by atoms with Crippen LogP contribution in [0, 0.1) is 11.8 Å². The van der Waals surface area contributed by atoms with Gasteiger partial charge in [-0.25, -0.2) is 9.97 Å². The van der Waals surface area contributed by atoms with Crippen LogP contribution >= 0.6 is 23.2 Å². The summed E-state index contributed by atoms with van der Waals surface area (Å²) in [6, 6.07) is 3.46. The van der Waals surface area contributed by atoms with Crippen LogP contribution < -0.4 is 5.32 Å². The van der Waals surface area contributed by atoms with Crippen LogP contribution in [0.4, 0.5) is 5.82 Å². The SMILES string of the molecule is CCNc1nc2cc(C#CCCO)c(Cl)cc2nc1Cl. The first-order valence-corrected chi connectivity index (χ1v) is 6.91.